The van der Waals surface area contributed by atoms with E-state index in [4.69, 9.17) is 11.6 Å². The Hall–Kier alpha value is -1.23. The lowest BCUT2D eigenvalue weighted by atomic mass is 10.2. The van der Waals surface area contributed by atoms with Gasteiger partial charge in [-0.3, -0.25) is 4.79 Å². The molecule has 0 saturated heterocycles. The third-order valence-electron chi connectivity index (χ3n) is 2.03. The van der Waals surface area contributed by atoms with Gasteiger partial charge in [-0.1, -0.05) is 17.7 Å². The van der Waals surface area contributed by atoms with Crippen molar-refractivity contribution in [3.63, 3.8) is 0 Å². The average molecular weight is 266 g/mol. The van der Waals surface area contributed by atoms with Crippen LogP contribution in [-0.4, -0.2) is 12.1 Å². The van der Waals surface area contributed by atoms with Crippen molar-refractivity contribution in [1.29, 1.82) is 0 Å². The van der Waals surface area contributed by atoms with Gasteiger partial charge in [-0.25, -0.2) is 0 Å². The predicted molar refractivity (Wildman–Crippen MR) is 60.1 cm³/mol. The van der Waals surface area contributed by atoms with E-state index in [0.29, 0.717) is 10.7 Å². The van der Waals surface area contributed by atoms with Gasteiger partial charge in [0.2, 0.25) is 5.91 Å². The molecule has 0 aromatic heterocycles. The van der Waals surface area contributed by atoms with Crippen molar-refractivity contribution in [2.45, 2.75) is 25.9 Å². The SMILES string of the molecule is Cc1ccc(NC(=O)CCC(F)(F)F)c(Cl)c1. The fourth-order valence-corrected chi connectivity index (χ4v) is 1.47. The Bertz CT molecular complexity index is 418. The summed E-state index contributed by atoms with van der Waals surface area (Å²) in [5.74, 6) is -0.701. The van der Waals surface area contributed by atoms with Crippen molar-refractivity contribution in [3.8, 4) is 0 Å². The predicted octanol–water partition coefficient (Wildman–Crippen LogP) is 3.93. The molecule has 1 aromatic rings. The summed E-state index contributed by atoms with van der Waals surface area (Å²) in [6.07, 6.45) is -6.07. The normalized spacial score (nSPS) is 11.4. The minimum atomic E-state index is -4.32. The Balaban J connectivity index is 2.57. The first kappa shape index (κ1) is 13.8. The molecule has 0 atom stereocenters. The molecule has 0 saturated carbocycles. The topological polar surface area (TPSA) is 29.1 Å². The monoisotopic (exact) mass is 265 g/mol. The molecule has 0 heterocycles. The number of amides is 1. The fraction of sp³-hybridized carbons (Fsp3) is 0.364. The summed E-state index contributed by atoms with van der Waals surface area (Å²) in [7, 11) is 0. The molecule has 0 radical (unpaired) electrons. The van der Waals surface area contributed by atoms with Crippen molar-refractivity contribution < 1.29 is 18.0 Å². The summed E-state index contributed by atoms with van der Waals surface area (Å²) in [5.41, 5.74) is 1.23. The number of carbonyl (C=O) groups excluding carboxylic acids is 1. The Morgan fingerprint density at radius 1 is 1.41 bits per heavy atom. The second-order valence-corrected chi connectivity index (χ2v) is 4.05. The molecule has 1 N–H and O–H groups in total. The lowest BCUT2D eigenvalue weighted by Gasteiger charge is -2.09. The lowest BCUT2D eigenvalue weighted by molar-refractivity contribution is -0.142. The smallest absolute Gasteiger partial charge is 0.325 e. The zero-order valence-corrected chi connectivity index (χ0v) is 9.82. The van der Waals surface area contributed by atoms with Crippen LogP contribution < -0.4 is 5.32 Å². The van der Waals surface area contributed by atoms with Gasteiger partial charge >= 0.3 is 6.18 Å². The molecule has 94 valence electrons. The fourth-order valence-electron chi connectivity index (χ4n) is 1.19. The summed E-state index contributed by atoms with van der Waals surface area (Å²) < 4.78 is 35.6. The van der Waals surface area contributed by atoms with Crippen molar-refractivity contribution in [2.24, 2.45) is 0 Å². The minimum absolute atomic E-state index is 0.311. The van der Waals surface area contributed by atoms with Gasteiger partial charge in [0.25, 0.3) is 0 Å². The maximum Gasteiger partial charge on any atom is 0.389 e. The molecule has 1 rings (SSSR count). The Kier molecular flexibility index (Phi) is 4.40. The first-order valence-corrected chi connectivity index (χ1v) is 5.28. The van der Waals surface area contributed by atoms with E-state index in [-0.39, 0.29) is 0 Å². The molecule has 1 aromatic carbocycles. The molecule has 0 unspecified atom stereocenters. The molecule has 2 nitrogen and oxygen atoms in total. The number of benzene rings is 1. The van der Waals surface area contributed by atoms with Crippen LogP contribution in [-0.2, 0) is 4.79 Å². The van der Waals surface area contributed by atoms with Crippen molar-refractivity contribution >= 4 is 23.2 Å². The Labute approximate surface area is 102 Å². The number of rotatable bonds is 3. The number of alkyl halides is 3. The van der Waals surface area contributed by atoms with Gasteiger partial charge in [0.15, 0.2) is 0 Å². The number of nitrogens with one attached hydrogen (secondary N) is 1. The minimum Gasteiger partial charge on any atom is -0.325 e. The number of carbonyl (C=O) groups is 1. The van der Waals surface area contributed by atoms with E-state index in [1.54, 1.807) is 18.2 Å². The first-order chi connectivity index (χ1) is 7.78. The number of aryl methyl sites for hydroxylation is 1. The van der Waals surface area contributed by atoms with Crippen LogP contribution in [0.3, 0.4) is 0 Å². The number of hydrogen-bond donors (Lipinski definition) is 1. The second-order valence-electron chi connectivity index (χ2n) is 3.65. The number of anilines is 1. The Morgan fingerprint density at radius 3 is 2.59 bits per heavy atom. The van der Waals surface area contributed by atoms with E-state index in [2.05, 4.69) is 5.32 Å². The van der Waals surface area contributed by atoms with Crippen LogP contribution in [0.25, 0.3) is 0 Å². The Morgan fingerprint density at radius 2 is 2.06 bits per heavy atom. The third kappa shape index (κ3) is 5.08. The van der Waals surface area contributed by atoms with Crippen LogP contribution in [0.1, 0.15) is 18.4 Å². The summed E-state index contributed by atoms with van der Waals surface area (Å²) >= 11 is 5.83. The molecule has 1 amide bonds. The molecular formula is C11H11ClF3NO. The summed E-state index contributed by atoms with van der Waals surface area (Å²) in [4.78, 5) is 11.2. The zero-order valence-electron chi connectivity index (χ0n) is 9.07. The van der Waals surface area contributed by atoms with Gasteiger partial charge < -0.3 is 5.32 Å². The largest absolute Gasteiger partial charge is 0.389 e. The van der Waals surface area contributed by atoms with Gasteiger partial charge in [0.1, 0.15) is 0 Å². The van der Waals surface area contributed by atoms with E-state index in [9.17, 15) is 18.0 Å². The van der Waals surface area contributed by atoms with Crippen LogP contribution in [0.4, 0.5) is 18.9 Å². The lowest BCUT2D eigenvalue weighted by Crippen LogP contribution is -2.16. The van der Waals surface area contributed by atoms with Crippen LogP contribution >= 0.6 is 11.6 Å². The van der Waals surface area contributed by atoms with Crippen molar-refractivity contribution in [1.82, 2.24) is 0 Å². The van der Waals surface area contributed by atoms with Crippen molar-refractivity contribution in [2.75, 3.05) is 5.32 Å². The first-order valence-electron chi connectivity index (χ1n) is 4.91. The van der Waals surface area contributed by atoms with Crippen LogP contribution in [0, 0.1) is 6.92 Å². The zero-order chi connectivity index (χ0) is 13.1. The standard InChI is InChI=1S/C11H11ClF3NO/c1-7-2-3-9(8(12)6-7)16-10(17)4-5-11(13,14)15/h2-3,6H,4-5H2,1H3,(H,16,17). The highest BCUT2D eigenvalue weighted by molar-refractivity contribution is 6.33. The highest BCUT2D eigenvalue weighted by Gasteiger charge is 2.27. The molecule has 6 heteroatoms. The summed E-state index contributed by atoms with van der Waals surface area (Å²) in [5, 5.41) is 2.65. The highest BCUT2D eigenvalue weighted by atomic mass is 35.5. The van der Waals surface area contributed by atoms with E-state index < -0.39 is 24.9 Å². The summed E-state index contributed by atoms with van der Waals surface area (Å²) in [6.45, 7) is 1.82. The highest BCUT2D eigenvalue weighted by Crippen LogP contribution is 2.24. The van der Waals surface area contributed by atoms with Gasteiger partial charge in [-0.2, -0.15) is 13.2 Å². The van der Waals surface area contributed by atoms with Crippen LogP contribution in [0.15, 0.2) is 18.2 Å². The maximum atomic E-state index is 11.9. The molecule has 0 aliphatic rings. The van der Waals surface area contributed by atoms with E-state index in [1.165, 1.54) is 0 Å². The van der Waals surface area contributed by atoms with E-state index in [1.807, 2.05) is 6.92 Å². The van der Waals surface area contributed by atoms with E-state index in [0.717, 1.165) is 5.56 Å². The molecule has 0 aliphatic carbocycles. The van der Waals surface area contributed by atoms with E-state index >= 15 is 0 Å². The van der Waals surface area contributed by atoms with Gasteiger partial charge in [0.05, 0.1) is 17.1 Å². The van der Waals surface area contributed by atoms with Crippen molar-refractivity contribution in [3.05, 3.63) is 28.8 Å². The second kappa shape index (κ2) is 5.40. The molecule has 17 heavy (non-hydrogen) atoms. The van der Waals surface area contributed by atoms with Crippen LogP contribution in [0.5, 0.6) is 0 Å². The molecule has 0 aliphatic heterocycles. The molecule has 0 spiro atoms. The molecule has 0 fully saturated rings. The maximum absolute atomic E-state index is 11.9. The number of hydrogen-bond acceptors (Lipinski definition) is 1. The third-order valence-corrected chi connectivity index (χ3v) is 2.35. The molecule has 0 bridgehead atoms. The number of halogens is 4. The molecular weight excluding hydrogens is 255 g/mol. The average Bonchev–Trinajstić information content (AvgIpc) is 2.18. The van der Waals surface area contributed by atoms with Crippen LogP contribution in [0.2, 0.25) is 5.02 Å². The van der Waals surface area contributed by atoms with Gasteiger partial charge in [-0.15, -0.1) is 0 Å². The van der Waals surface area contributed by atoms with Gasteiger partial charge in [0, 0.05) is 6.42 Å². The quantitative estimate of drug-likeness (QED) is 0.881. The van der Waals surface area contributed by atoms with Gasteiger partial charge in [-0.05, 0) is 24.6 Å². The summed E-state index contributed by atoms with van der Waals surface area (Å²) in [6, 6.07) is 4.90.